The fourth-order valence-corrected chi connectivity index (χ4v) is 6.37. The van der Waals surface area contributed by atoms with Gasteiger partial charge in [0.15, 0.2) is 0 Å². The molecule has 5 rings (SSSR count). The summed E-state index contributed by atoms with van der Waals surface area (Å²) in [6.45, 7) is 10.3. The van der Waals surface area contributed by atoms with E-state index in [1.165, 1.54) is 17.4 Å². The predicted octanol–water partition coefficient (Wildman–Crippen LogP) is 4.69. The lowest BCUT2D eigenvalue weighted by Gasteiger charge is -2.44. The van der Waals surface area contributed by atoms with Crippen molar-refractivity contribution in [1.82, 2.24) is 19.7 Å². The number of carbonyl (C=O) groups excluding carboxylic acids is 2. The van der Waals surface area contributed by atoms with E-state index in [1.54, 1.807) is 32.2 Å². The van der Waals surface area contributed by atoms with Crippen LogP contribution in [0, 0.1) is 17.7 Å². The highest BCUT2D eigenvalue weighted by atomic mass is 19.1. The maximum atomic E-state index is 14.7. The normalized spacial score (nSPS) is 23.6. The molecule has 0 saturated carbocycles. The minimum absolute atomic E-state index is 0.00380. The lowest BCUT2D eigenvalue weighted by atomic mass is 9.92. The lowest BCUT2D eigenvalue weighted by Crippen LogP contribution is -2.63. The van der Waals surface area contributed by atoms with Crippen LogP contribution in [0.2, 0.25) is 0 Å². The summed E-state index contributed by atoms with van der Waals surface area (Å²) >= 11 is 0. The van der Waals surface area contributed by atoms with Crippen molar-refractivity contribution >= 4 is 22.7 Å². The van der Waals surface area contributed by atoms with Crippen LogP contribution in [0.3, 0.4) is 0 Å². The molecule has 0 bridgehead atoms. The highest BCUT2D eigenvalue weighted by Crippen LogP contribution is 2.35. The Morgan fingerprint density at radius 3 is 2.59 bits per heavy atom. The molecule has 208 valence electrons. The summed E-state index contributed by atoms with van der Waals surface area (Å²) in [6, 6.07) is 13.9. The van der Waals surface area contributed by atoms with E-state index in [4.69, 9.17) is 4.74 Å². The molecule has 2 aliphatic heterocycles. The van der Waals surface area contributed by atoms with E-state index >= 15 is 0 Å². The van der Waals surface area contributed by atoms with Gasteiger partial charge in [0.05, 0.1) is 25.7 Å². The Morgan fingerprint density at radius 1 is 1.13 bits per heavy atom. The molecule has 2 aliphatic rings. The number of halogens is 1. The van der Waals surface area contributed by atoms with Crippen molar-refractivity contribution in [3.63, 3.8) is 0 Å². The number of likely N-dealkylation sites (tertiary alicyclic amines) is 1. The maximum absolute atomic E-state index is 14.7. The van der Waals surface area contributed by atoms with Gasteiger partial charge >= 0.3 is 0 Å². The van der Waals surface area contributed by atoms with E-state index in [-0.39, 0.29) is 24.9 Å². The van der Waals surface area contributed by atoms with E-state index in [0.29, 0.717) is 35.4 Å². The van der Waals surface area contributed by atoms with Gasteiger partial charge < -0.3 is 24.4 Å². The highest BCUT2D eigenvalue weighted by Gasteiger charge is 2.47. The van der Waals surface area contributed by atoms with Crippen LogP contribution >= 0.6 is 0 Å². The van der Waals surface area contributed by atoms with Crippen molar-refractivity contribution in [3.8, 4) is 5.75 Å². The molecule has 1 N–H and O–H groups in total. The van der Waals surface area contributed by atoms with E-state index in [1.807, 2.05) is 28.8 Å². The average Bonchev–Trinajstić information content (AvgIpc) is 3.26. The summed E-state index contributed by atoms with van der Waals surface area (Å²) in [5, 5.41) is 4.00. The molecule has 8 heteroatoms. The molecule has 3 heterocycles. The summed E-state index contributed by atoms with van der Waals surface area (Å²) < 4.78 is 22.0. The van der Waals surface area contributed by atoms with Crippen LogP contribution in [0.4, 0.5) is 4.39 Å². The second-order valence-corrected chi connectivity index (χ2v) is 11.6. The third-order valence-corrected chi connectivity index (χ3v) is 8.29. The molecule has 0 spiro atoms. The third-order valence-electron chi connectivity index (χ3n) is 8.29. The average molecular weight is 535 g/mol. The number of fused-ring (bicyclic) bond motifs is 3. The number of ether oxygens (including phenoxy) is 1. The Balaban J connectivity index is 1.39. The van der Waals surface area contributed by atoms with Gasteiger partial charge in [-0.05, 0) is 62.4 Å². The number of nitrogens with one attached hydrogen (secondary N) is 1. The van der Waals surface area contributed by atoms with Crippen molar-refractivity contribution in [3.05, 3.63) is 65.6 Å². The fourth-order valence-electron chi connectivity index (χ4n) is 6.37. The molecule has 7 nitrogen and oxygen atoms in total. The number of methoxy groups -OCH3 is 1. The first-order valence-corrected chi connectivity index (χ1v) is 13.9. The van der Waals surface area contributed by atoms with Gasteiger partial charge in [0.2, 0.25) is 5.91 Å². The minimum atomic E-state index is -1.21. The number of rotatable bonds is 8. The molecule has 3 aromatic rings. The Hall–Kier alpha value is -3.39. The first-order chi connectivity index (χ1) is 18.7. The maximum Gasteiger partial charge on any atom is 0.271 e. The standard InChI is InChI=1S/C31H39FN4O3/c1-21-14-22(2)18-34(17-21)13-7-12-33-30(38)31(3)20-35-27-16-25(39-4)11-10-23(27)15-28(35)29(37)36(31)19-24-8-5-6-9-26(24)32/h5-6,8-11,15-16,21-22H,7,12-14,17-20H2,1-4H3,(H,33,38)/t21-,22-,31-/m1/s1. The molecule has 0 unspecified atom stereocenters. The summed E-state index contributed by atoms with van der Waals surface area (Å²) in [5.41, 5.74) is 0.475. The largest absolute Gasteiger partial charge is 0.497 e. The van der Waals surface area contributed by atoms with Gasteiger partial charge in [-0.3, -0.25) is 9.59 Å². The van der Waals surface area contributed by atoms with Crippen molar-refractivity contribution in [2.75, 3.05) is 33.3 Å². The van der Waals surface area contributed by atoms with Crippen LogP contribution < -0.4 is 10.1 Å². The third kappa shape index (κ3) is 5.39. The topological polar surface area (TPSA) is 66.8 Å². The van der Waals surface area contributed by atoms with Crippen LogP contribution in [-0.2, 0) is 17.9 Å². The number of piperidine rings is 1. The van der Waals surface area contributed by atoms with E-state index < -0.39 is 11.4 Å². The van der Waals surface area contributed by atoms with Gasteiger partial charge in [0.1, 0.15) is 22.8 Å². The molecule has 2 aromatic carbocycles. The molecule has 1 fully saturated rings. The number of hydrogen-bond donors (Lipinski definition) is 1. The quantitative estimate of drug-likeness (QED) is 0.426. The molecule has 1 saturated heterocycles. The molecule has 2 amide bonds. The van der Waals surface area contributed by atoms with Crippen molar-refractivity contribution in [1.29, 1.82) is 0 Å². The van der Waals surface area contributed by atoms with E-state index in [2.05, 4.69) is 24.1 Å². The van der Waals surface area contributed by atoms with Crippen LogP contribution in [0.25, 0.3) is 10.9 Å². The zero-order valence-corrected chi connectivity index (χ0v) is 23.4. The van der Waals surface area contributed by atoms with Crippen molar-refractivity contribution in [2.24, 2.45) is 11.8 Å². The van der Waals surface area contributed by atoms with Gasteiger partial charge in [0, 0.05) is 36.7 Å². The number of amides is 2. The summed E-state index contributed by atoms with van der Waals surface area (Å²) in [5.74, 6) is 1.13. The summed E-state index contributed by atoms with van der Waals surface area (Å²) in [4.78, 5) is 31.8. The van der Waals surface area contributed by atoms with Gasteiger partial charge in [0.25, 0.3) is 5.91 Å². The molecule has 39 heavy (non-hydrogen) atoms. The SMILES string of the molecule is COc1ccc2cc3n(c2c1)C[C@](C)(C(=O)NCCCN1C[C@H](C)C[C@@H](C)C1)N(Cc1ccccc1F)C3=O. The fraction of sp³-hybridized carbons (Fsp3) is 0.484. The number of aromatic nitrogens is 1. The second-order valence-electron chi connectivity index (χ2n) is 11.6. The summed E-state index contributed by atoms with van der Waals surface area (Å²) in [7, 11) is 1.60. The zero-order chi connectivity index (χ0) is 27.7. The second kappa shape index (κ2) is 11.0. The minimum Gasteiger partial charge on any atom is -0.497 e. The number of benzene rings is 2. The Kier molecular flexibility index (Phi) is 7.67. The highest BCUT2D eigenvalue weighted by molar-refractivity contribution is 6.03. The Morgan fingerprint density at radius 2 is 1.87 bits per heavy atom. The number of hydrogen-bond acceptors (Lipinski definition) is 4. The number of carbonyl (C=O) groups is 2. The van der Waals surface area contributed by atoms with Crippen LogP contribution in [-0.4, -0.2) is 65.0 Å². The Labute approximate surface area is 229 Å². The van der Waals surface area contributed by atoms with Gasteiger partial charge in [-0.15, -0.1) is 0 Å². The lowest BCUT2D eigenvalue weighted by molar-refractivity contribution is -0.133. The molecule has 0 aliphatic carbocycles. The monoisotopic (exact) mass is 534 g/mol. The number of nitrogens with zero attached hydrogens (tertiary/aromatic N) is 3. The van der Waals surface area contributed by atoms with Crippen molar-refractivity contribution in [2.45, 2.75) is 52.2 Å². The zero-order valence-electron chi connectivity index (χ0n) is 23.4. The molecule has 1 aromatic heterocycles. The smallest absolute Gasteiger partial charge is 0.271 e. The van der Waals surface area contributed by atoms with Crippen LogP contribution in [0.5, 0.6) is 5.75 Å². The first kappa shape index (κ1) is 27.2. The molecular weight excluding hydrogens is 495 g/mol. The molecule has 3 atom stereocenters. The van der Waals surface area contributed by atoms with Gasteiger partial charge in [-0.2, -0.15) is 0 Å². The Bertz CT molecular complexity index is 1360. The van der Waals surface area contributed by atoms with Gasteiger partial charge in [-0.25, -0.2) is 4.39 Å². The first-order valence-electron chi connectivity index (χ1n) is 13.9. The summed E-state index contributed by atoms with van der Waals surface area (Å²) in [6.07, 6.45) is 2.09. The molecular formula is C31H39FN4O3. The van der Waals surface area contributed by atoms with Crippen molar-refractivity contribution < 1.29 is 18.7 Å². The van der Waals surface area contributed by atoms with Crippen LogP contribution in [0.1, 0.15) is 49.7 Å². The van der Waals surface area contributed by atoms with Gasteiger partial charge in [-0.1, -0.05) is 32.0 Å². The molecule has 0 radical (unpaired) electrons. The predicted molar refractivity (Wildman–Crippen MR) is 150 cm³/mol. The van der Waals surface area contributed by atoms with E-state index in [0.717, 1.165) is 37.0 Å². The van der Waals surface area contributed by atoms with Crippen LogP contribution in [0.15, 0.2) is 48.5 Å². The van der Waals surface area contributed by atoms with E-state index in [9.17, 15) is 14.0 Å².